The van der Waals surface area contributed by atoms with Crippen molar-refractivity contribution in [3.8, 4) is 0 Å². The summed E-state index contributed by atoms with van der Waals surface area (Å²) in [5.41, 5.74) is 0.755. The van der Waals surface area contributed by atoms with Gasteiger partial charge in [-0.3, -0.25) is 14.4 Å². The Morgan fingerprint density at radius 1 is 1.12 bits per heavy atom. The van der Waals surface area contributed by atoms with Crippen molar-refractivity contribution < 1.29 is 4.79 Å². The molecule has 0 saturated heterocycles. The molecule has 0 bridgehead atoms. The van der Waals surface area contributed by atoms with E-state index in [2.05, 4.69) is 15.4 Å². The van der Waals surface area contributed by atoms with Crippen LogP contribution in [0.25, 0.3) is 10.8 Å². The smallest absolute Gasteiger partial charge is 0.275 e. The number of benzene rings is 1. The Labute approximate surface area is 137 Å². The average molecular weight is 324 g/mol. The highest BCUT2D eigenvalue weighted by Gasteiger charge is 2.12. The minimum Gasteiger partial charge on any atom is -0.325 e. The number of H-pyrrole nitrogens is 1. The maximum absolute atomic E-state index is 12.4. The number of rotatable bonds is 3. The molecule has 2 N–H and O–H groups in total. The van der Waals surface area contributed by atoms with Gasteiger partial charge in [0.05, 0.1) is 11.1 Å². The van der Waals surface area contributed by atoms with Gasteiger partial charge in [0.2, 0.25) is 5.91 Å². The van der Waals surface area contributed by atoms with Gasteiger partial charge in [0.15, 0.2) is 0 Å². The van der Waals surface area contributed by atoms with E-state index < -0.39 is 11.5 Å². The number of amides is 1. The van der Waals surface area contributed by atoms with E-state index in [1.807, 2.05) is 12.1 Å². The minimum absolute atomic E-state index is 0.135. The molecular weight excluding hydrogens is 308 g/mol. The molecule has 0 fully saturated rings. The molecule has 0 aliphatic heterocycles. The summed E-state index contributed by atoms with van der Waals surface area (Å²) in [6, 6.07) is 10.3. The number of aromatic amines is 1. The van der Waals surface area contributed by atoms with Crippen LogP contribution in [0.1, 0.15) is 11.4 Å². The van der Waals surface area contributed by atoms with Crippen molar-refractivity contribution in [2.45, 2.75) is 20.4 Å². The molecule has 0 unspecified atom stereocenters. The second kappa shape index (κ2) is 6.11. The Balaban J connectivity index is 1.89. The predicted molar refractivity (Wildman–Crippen MR) is 91.2 cm³/mol. The number of hydrogen-bond acceptors (Lipinski definition) is 4. The lowest BCUT2D eigenvalue weighted by Gasteiger charge is -2.09. The van der Waals surface area contributed by atoms with E-state index in [9.17, 15) is 14.4 Å². The van der Waals surface area contributed by atoms with Crippen LogP contribution in [0.2, 0.25) is 0 Å². The summed E-state index contributed by atoms with van der Waals surface area (Å²) >= 11 is 0. The van der Waals surface area contributed by atoms with Crippen LogP contribution in [-0.2, 0) is 11.3 Å². The molecule has 0 aliphatic carbocycles. The quantitative estimate of drug-likeness (QED) is 0.760. The van der Waals surface area contributed by atoms with E-state index in [4.69, 9.17) is 0 Å². The Bertz CT molecular complexity index is 1050. The third kappa shape index (κ3) is 2.96. The third-order valence-corrected chi connectivity index (χ3v) is 3.68. The van der Waals surface area contributed by atoms with E-state index in [0.29, 0.717) is 16.8 Å². The maximum atomic E-state index is 12.4. The van der Waals surface area contributed by atoms with Gasteiger partial charge >= 0.3 is 0 Å². The molecule has 2 heterocycles. The molecule has 24 heavy (non-hydrogen) atoms. The molecule has 3 aromatic rings. The number of hydrogen-bond donors (Lipinski definition) is 2. The molecule has 0 aliphatic rings. The van der Waals surface area contributed by atoms with E-state index in [0.717, 1.165) is 10.1 Å². The largest absolute Gasteiger partial charge is 0.325 e. The van der Waals surface area contributed by atoms with E-state index in [1.54, 1.807) is 32.0 Å². The summed E-state index contributed by atoms with van der Waals surface area (Å²) in [7, 11) is 0. The van der Waals surface area contributed by atoms with Crippen LogP contribution in [0.3, 0.4) is 0 Å². The number of carbonyl (C=O) groups is 1. The lowest BCUT2D eigenvalue weighted by molar-refractivity contribution is -0.117. The first-order chi connectivity index (χ1) is 11.5. The lowest BCUT2D eigenvalue weighted by Crippen LogP contribution is -2.31. The van der Waals surface area contributed by atoms with Crippen molar-refractivity contribution in [1.82, 2.24) is 14.8 Å². The number of aromatic nitrogens is 3. The molecule has 1 amide bonds. The predicted octanol–water partition coefficient (Wildman–Crippen LogP) is 1.34. The highest BCUT2D eigenvalue weighted by Crippen LogP contribution is 2.11. The van der Waals surface area contributed by atoms with Gasteiger partial charge in [0, 0.05) is 11.1 Å². The summed E-state index contributed by atoms with van der Waals surface area (Å²) < 4.78 is 1.11. The number of nitrogens with zero attached hydrogens (tertiary/aromatic N) is 2. The normalized spacial score (nSPS) is 10.8. The lowest BCUT2D eigenvalue weighted by atomic mass is 10.1. The van der Waals surface area contributed by atoms with Crippen molar-refractivity contribution in [3.05, 3.63) is 68.5 Å². The number of anilines is 1. The third-order valence-electron chi connectivity index (χ3n) is 3.68. The van der Waals surface area contributed by atoms with Gasteiger partial charge in [0.25, 0.3) is 11.1 Å². The number of nitrogens with one attached hydrogen (secondary N) is 2. The summed E-state index contributed by atoms with van der Waals surface area (Å²) in [4.78, 5) is 39.0. The number of fused-ring (bicyclic) bond motifs is 1. The Hall–Kier alpha value is -3.22. The van der Waals surface area contributed by atoms with Gasteiger partial charge in [-0.25, -0.2) is 4.68 Å². The molecule has 0 saturated carbocycles. The monoisotopic (exact) mass is 324 g/mol. The van der Waals surface area contributed by atoms with Gasteiger partial charge in [-0.1, -0.05) is 18.2 Å². The van der Waals surface area contributed by atoms with Gasteiger partial charge < -0.3 is 10.3 Å². The van der Waals surface area contributed by atoms with Gasteiger partial charge in [-0.15, -0.1) is 0 Å². The summed E-state index contributed by atoms with van der Waals surface area (Å²) in [6.45, 7) is 3.26. The molecular formula is C17H16N4O3. The van der Waals surface area contributed by atoms with E-state index >= 15 is 0 Å². The molecule has 0 spiro atoms. The number of carbonyl (C=O) groups excluding carboxylic acids is 1. The number of aryl methyl sites for hydroxylation is 2. The standard InChI is InChI=1S/C17H16N4O3/c1-10-7-8-14(16(23)18-10)19-15(22)9-21-17(24)13-6-4-3-5-12(13)11(2)20-21/h3-8H,9H2,1-2H3,(H,18,23)(H,19,22). The highest BCUT2D eigenvalue weighted by atomic mass is 16.2. The molecule has 7 nitrogen and oxygen atoms in total. The van der Waals surface area contributed by atoms with E-state index in [1.165, 1.54) is 6.07 Å². The fourth-order valence-corrected chi connectivity index (χ4v) is 2.51. The summed E-state index contributed by atoms with van der Waals surface area (Å²) in [6.07, 6.45) is 0. The second-order valence-electron chi connectivity index (χ2n) is 5.53. The van der Waals surface area contributed by atoms with Gasteiger partial charge in [0.1, 0.15) is 12.2 Å². The van der Waals surface area contributed by atoms with E-state index in [-0.39, 0.29) is 17.8 Å². The molecule has 1 aromatic carbocycles. The zero-order valence-electron chi connectivity index (χ0n) is 13.3. The Morgan fingerprint density at radius 3 is 2.54 bits per heavy atom. The Morgan fingerprint density at radius 2 is 1.83 bits per heavy atom. The van der Waals surface area contributed by atoms with Crippen LogP contribution in [0.4, 0.5) is 5.69 Å². The molecule has 2 aromatic heterocycles. The molecule has 0 radical (unpaired) electrons. The fraction of sp³-hybridized carbons (Fsp3) is 0.176. The molecule has 122 valence electrons. The van der Waals surface area contributed by atoms with Crippen molar-refractivity contribution in [3.63, 3.8) is 0 Å². The molecule has 0 atom stereocenters. The summed E-state index contributed by atoms with van der Waals surface area (Å²) in [5, 5.41) is 7.94. The van der Waals surface area contributed by atoms with Crippen molar-refractivity contribution in [2.75, 3.05) is 5.32 Å². The topological polar surface area (TPSA) is 96.8 Å². The first kappa shape index (κ1) is 15.7. The van der Waals surface area contributed by atoms with Crippen molar-refractivity contribution in [2.24, 2.45) is 0 Å². The van der Waals surface area contributed by atoms with Crippen LogP contribution in [0.15, 0.2) is 46.0 Å². The molecule has 7 heteroatoms. The first-order valence-corrected chi connectivity index (χ1v) is 7.42. The van der Waals surface area contributed by atoms with Crippen LogP contribution in [-0.4, -0.2) is 20.7 Å². The number of pyridine rings is 1. The Kier molecular flexibility index (Phi) is 3.99. The average Bonchev–Trinajstić information content (AvgIpc) is 2.55. The van der Waals surface area contributed by atoms with Crippen LogP contribution in [0.5, 0.6) is 0 Å². The second-order valence-corrected chi connectivity index (χ2v) is 5.53. The highest BCUT2D eigenvalue weighted by molar-refractivity contribution is 5.90. The maximum Gasteiger partial charge on any atom is 0.275 e. The fourth-order valence-electron chi connectivity index (χ4n) is 2.51. The zero-order valence-corrected chi connectivity index (χ0v) is 13.3. The van der Waals surface area contributed by atoms with Crippen LogP contribution < -0.4 is 16.4 Å². The zero-order chi connectivity index (χ0) is 17.3. The minimum atomic E-state index is -0.492. The van der Waals surface area contributed by atoms with Crippen LogP contribution in [0, 0.1) is 13.8 Å². The van der Waals surface area contributed by atoms with Crippen LogP contribution >= 0.6 is 0 Å². The summed E-state index contributed by atoms with van der Waals surface area (Å²) in [5.74, 6) is -0.492. The van der Waals surface area contributed by atoms with Crippen molar-refractivity contribution in [1.29, 1.82) is 0 Å². The van der Waals surface area contributed by atoms with Gasteiger partial charge in [-0.05, 0) is 32.0 Å². The first-order valence-electron chi connectivity index (χ1n) is 7.42. The SMILES string of the molecule is Cc1ccc(NC(=O)Cn2nc(C)c3ccccc3c2=O)c(=O)[nH]1. The van der Waals surface area contributed by atoms with Crippen molar-refractivity contribution >= 4 is 22.4 Å². The molecule has 3 rings (SSSR count). The van der Waals surface area contributed by atoms with Gasteiger partial charge in [-0.2, -0.15) is 5.10 Å².